The largest absolute Gasteiger partial charge is 0.206 e. The third-order valence-electron chi connectivity index (χ3n) is 2.07. The van der Waals surface area contributed by atoms with Crippen LogP contribution >= 0.6 is 0 Å². The number of hydrogen-bond acceptors (Lipinski definition) is 1. The molecule has 0 saturated heterocycles. The van der Waals surface area contributed by atoms with Gasteiger partial charge in [0, 0.05) is 0 Å². The molecule has 13 heavy (non-hydrogen) atoms. The maximum absolute atomic E-state index is 13.1. The molecule has 0 heterocycles. The van der Waals surface area contributed by atoms with Crippen LogP contribution in [0.3, 0.4) is 0 Å². The van der Waals surface area contributed by atoms with Gasteiger partial charge in [-0.3, -0.25) is 0 Å². The van der Waals surface area contributed by atoms with E-state index < -0.39 is 5.82 Å². The van der Waals surface area contributed by atoms with E-state index in [9.17, 15) is 4.39 Å². The highest BCUT2D eigenvalue weighted by atomic mass is 19.1. The summed E-state index contributed by atoms with van der Waals surface area (Å²) in [6.45, 7) is 3.96. The smallest absolute Gasteiger partial charge is 0.141 e. The first-order valence-electron chi connectivity index (χ1n) is 4.38. The van der Waals surface area contributed by atoms with E-state index in [-0.39, 0.29) is 5.56 Å². The molecule has 0 aliphatic carbocycles. The Morgan fingerprint density at radius 1 is 1.46 bits per heavy atom. The summed E-state index contributed by atoms with van der Waals surface area (Å²) in [4.78, 5) is 0. The van der Waals surface area contributed by atoms with Crippen LogP contribution in [0, 0.1) is 24.1 Å². The topological polar surface area (TPSA) is 23.8 Å². The van der Waals surface area contributed by atoms with Crippen LogP contribution in [0.25, 0.3) is 0 Å². The van der Waals surface area contributed by atoms with Crippen molar-refractivity contribution in [2.75, 3.05) is 0 Å². The van der Waals surface area contributed by atoms with Gasteiger partial charge in [-0.2, -0.15) is 5.26 Å². The predicted molar refractivity (Wildman–Crippen MR) is 49.8 cm³/mol. The number of hydrogen-bond donors (Lipinski definition) is 0. The second-order valence-corrected chi connectivity index (χ2v) is 3.12. The second-order valence-electron chi connectivity index (χ2n) is 3.12. The minimum atomic E-state index is -0.406. The molecule has 0 N–H and O–H groups in total. The first-order valence-corrected chi connectivity index (χ1v) is 4.38. The molecule has 1 aromatic carbocycles. The number of nitrogens with zero attached hydrogens (tertiary/aromatic N) is 1. The molecule has 0 aromatic heterocycles. The number of aryl methyl sites for hydroxylation is 2. The first-order chi connectivity index (χ1) is 6.19. The van der Waals surface area contributed by atoms with Crippen LogP contribution in [-0.2, 0) is 6.42 Å². The van der Waals surface area contributed by atoms with Crippen LogP contribution in [0.1, 0.15) is 30.0 Å². The fourth-order valence-corrected chi connectivity index (χ4v) is 1.35. The Morgan fingerprint density at radius 3 is 2.69 bits per heavy atom. The van der Waals surface area contributed by atoms with Crippen molar-refractivity contribution in [2.24, 2.45) is 0 Å². The lowest BCUT2D eigenvalue weighted by Crippen LogP contribution is -1.93. The Bertz CT molecular complexity index is 350. The molecule has 0 saturated carbocycles. The van der Waals surface area contributed by atoms with E-state index in [1.165, 1.54) is 6.07 Å². The van der Waals surface area contributed by atoms with E-state index in [1.807, 2.05) is 13.0 Å². The van der Waals surface area contributed by atoms with E-state index in [1.54, 1.807) is 6.07 Å². The minimum Gasteiger partial charge on any atom is -0.206 e. The number of benzene rings is 1. The highest BCUT2D eigenvalue weighted by Crippen LogP contribution is 2.16. The fourth-order valence-electron chi connectivity index (χ4n) is 1.35. The molecule has 68 valence electrons. The van der Waals surface area contributed by atoms with Gasteiger partial charge in [-0.05, 0) is 36.6 Å². The molecule has 0 amide bonds. The lowest BCUT2D eigenvalue weighted by Gasteiger charge is -2.04. The zero-order valence-corrected chi connectivity index (χ0v) is 7.89. The lowest BCUT2D eigenvalue weighted by atomic mass is 10.0. The third kappa shape index (κ3) is 2.06. The zero-order chi connectivity index (χ0) is 9.84. The molecule has 0 spiro atoms. The van der Waals surface area contributed by atoms with Gasteiger partial charge in [-0.25, -0.2) is 4.39 Å². The lowest BCUT2D eigenvalue weighted by molar-refractivity contribution is 0.620. The molecule has 0 radical (unpaired) electrons. The average molecular weight is 177 g/mol. The molecule has 0 aliphatic heterocycles. The van der Waals surface area contributed by atoms with Crippen molar-refractivity contribution in [1.29, 1.82) is 5.26 Å². The normalized spacial score (nSPS) is 9.69. The van der Waals surface area contributed by atoms with E-state index >= 15 is 0 Å². The summed E-state index contributed by atoms with van der Waals surface area (Å²) in [6.07, 6.45) is 1.86. The van der Waals surface area contributed by atoms with Gasteiger partial charge in [0.1, 0.15) is 11.9 Å². The average Bonchev–Trinajstić information content (AvgIpc) is 2.11. The zero-order valence-electron chi connectivity index (χ0n) is 7.89. The third-order valence-corrected chi connectivity index (χ3v) is 2.07. The summed E-state index contributed by atoms with van der Waals surface area (Å²) >= 11 is 0. The highest BCUT2D eigenvalue weighted by molar-refractivity contribution is 5.38. The second kappa shape index (κ2) is 4.04. The molecule has 1 aromatic rings. The Labute approximate surface area is 77.8 Å². The number of halogens is 1. The van der Waals surface area contributed by atoms with Crippen molar-refractivity contribution in [3.05, 3.63) is 34.6 Å². The van der Waals surface area contributed by atoms with Crippen molar-refractivity contribution in [2.45, 2.75) is 26.7 Å². The van der Waals surface area contributed by atoms with Crippen LogP contribution in [0.2, 0.25) is 0 Å². The molecule has 0 unspecified atom stereocenters. The Balaban J connectivity index is 3.14. The summed E-state index contributed by atoms with van der Waals surface area (Å²) in [6, 6.07) is 4.91. The molecular weight excluding hydrogens is 165 g/mol. The fraction of sp³-hybridized carbons (Fsp3) is 0.364. The van der Waals surface area contributed by atoms with Gasteiger partial charge >= 0.3 is 0 Å². The van der Waals surface area contributed by atoms with Crippen molar-refractivity contribution in [3.8, 4) is 6.07 Å². The number of rotatable bonds is 2. The maximum Gasteiger partial charge on any atom is 0.141 e. The molecule has 0 aliphatic rings. The van der Waals surface area contributed by atoms with Gasteiger partial charge < -0.3 is 0 Å². The Kier molecular flexibility index (Phi) is 3.02. The molecule has 1 rings (SSSR count). The van der Waals surface area contributed by atoms with Crippen molar-refractivity contribution < 1.29 is 4.39 Å². The summed E-state index contributed by atoms with van der Waals surface area (Å²) in [7, 11) is 0. The summed E-state index contributed by atoms with van der Waals surface area (Å²) in [5, 5.41) is 8.57. The summed E-state index contributed by atoms with van der Waals surface area (Å²) < 4.78 is 13.1. The first kappa shape index (κ1) is 9.73. The molecular formula is C11H12FN. The van der Waals surface area contributed by atoms with Crippen LogP contribution in [-0.4, -0.2) is 0 Å². The van der Waals surface area contributed by atoms with Gasteiger partial charge in [-0.1, -0.05) is 13.3 Å². The highest BCUT2D eigenvalue weighted by Gasteiger charge is 2.05. The van der Waals surface area contributed by atoms with Crippen LogP contribution in [0.4, 0.5) is 4.39 Å². The summed E-state index contributed by atoms with van der Waals surface area (Å²) in [5.74, 6) is -0.406. The minimum absolute atomic E-state index is 0.136. The van der Waals surface area contributed by atoms with Gasteiger partial charge in [0.15, 0.2) is 0 Å². The molecule has 0 fully saturated rings. The maximum atomic E-state index is 13.1. The van der Waals surface area contributed by atoms with E-state index in [0.29, 0.717) is 0 Å². The predicted octanol–water partition coefficient (Wildman–Crippen LogP) is 2.96. The van der Waals surface area contributed by atoms with Gasteiger partial charge in [0.05, 0.1) is 5.56 Å². The van der Waals surface area contributed by atoms with Gasteiger partial charge in [0.2, 0.25) is 0 Å². The van der Waals surface area contributed by atoms with Crippen molar-refractivity contribution in [1.82, 2.24) is 0 Å². The van der Waals surface area contributed by atoms with Crippen LogP contribution in [0.15, 0.2) is 12.1 Å². The molecule has 0 bridgehead atoms. The quantitative estimate of drug-likeness (QED) is 0.681. The monoisotopic (exact) mass is 177 g/mol. The standard InChI is InChI=1S/C11H12FN/c1-3-4-9-6-11(12)10(7-13)5-8(9)2/h5-6H,3-4H2,1-2H3. The van der Waals surface area contributed by atoms with Crippen molar-refractivity contribution in [3.63, 3.8) is 0 Å². The van der Waals surface area contributed by atoms with E-state index in [4.69, 9.17) is 5.26 Å². The van der Waals surface area contributed by atoms with Gasteiger partial charge in [-0.15, -0.1) is 0 Å². The SMILES string of the molecule is CCCc1cc(F)c(C#N)cc1C. The van der Waals surface area contributed by atoms with E-state index in [0.717, 1.165) is 24.0 Å². The molecule has 1 nitrogen and oxygen atoms in total. The van der Waals surface area contributed by atoms with Crippen LogP contribution in [0.5, 0.6) is 0 Å². The Morgan fingerprint density at radius 2 is 2.15 bits per heavy atom. The molecule has 0 atom stereocenters. The molecule has 2 heteroatoms. The Hall–Kier alpha value is -1.36. The van der Waals surface area contributed by atoms with Gasteiger partial charge in [0.25, 0.3) is 0 Å². The van der Waals surface area contributed by atoms with Crippen LogP contribution < -0.4 is 0 Å². The van der Waals surface area contributed by atoms with E-state index in [2.05, 4.69) is 6.92 Å². The summed E-state index contributed by atoms with van der Waals surface area (Å²) in [5.41, 5.74) is 2.14. The van der Waals surface area contributed by atoms with Crippen molar-refractivity contribution >= 4 is 0 Å². The number of nitriles is 1.